The quantitative estimate of drug-likeness (QED) is 0.648. The van der Waals surface area contributed by atoms with Gasteiger partial charge in [-0.25, -0.2) is 4.98 Å². The standard InChI is InChI=1S/C10H11F3N6O2/c1-4-15-8(19-17-4)6(3-20)16-9(21)7-5(2-14-18-7)10(11,12)13/h2,6,20H,3H2,1H3,(H,14,18)(H,16,21)(H,15,17,19)/t6-/m1/s1. The van der Waals surface area contributed by atoms with Gasteiger partial charge in [0.2, 0.25) is 0 Å². The molecular weight excluding hydrogens is 293 g/mol. The molecule has 2 aromatic rings. The smallest absolute Gasteiger partial charge is 0.394 e. The number of carbonyl (C=O) groups is 1. The lowest BCUT2D eigenvalue weighted by atomic mass is 10.2. The number of hydrogen-bond donors (Lipinski definition) is 4. The van der Waals surface area contributed by atoms with Crippen LogP contribution in [0.4, 0.5) is 13.2 Å². The Kier molecular flexibility index (Phi) is 3.93. The van der Waals surface area contributed by atoms with Crippen LogP contribution in [0.5, 0.6) is 0 Å². The molecule has 2 rings (SSSR count). The lowest BCUT2D eigenvalue weighted by Gasteiger charge is -2.13. The van der Waals surface area contributed by atoms with Gasteiger partial charge in [-0.15, -0.1) is 0 Å². The van der Waals surface area contributed by atoms with Gasteiger partial charge in [-0.05, 0) is 6.92 Å². The molecule has 0 aliphatic heterocycles. The number of nitrogens with zero attached hydrogens (tertiary/aromatic N) is 3. The van der Waals surface area contributed by atoms with Gasteiger partial charge in [0.05, 0.1) is 12.8 Å². The van der Waals surface area contributed by atoms with Crippen LogP contribution in [0.2, 0.25) is 0 Å². The number of H-pyrrole nitrogens is 2. The van der Waals surface area contributed by atoms with Gasteiger partial charge in [-0.3, -0.25) is 15.0 Å². The Bertz CT molecular complexity index is 635. The van der Waals surface area contributed by atoms with E-state index in [2.05, 4.69) is 25.6 Å². The molecule has 2 aromatic heterocycles. The summed E-state index contributed by atoms with van der Waals surface area (Å²) in [5.41, 5.74) is -1.93. The van der Waals surface area contributed by atoms with Crippen molar-refractivity contribution in [1.29, 1.82) is 0 Å². The van der Waals surface area contributed by atoms with Crippen LogP contribution in [0.25, 0.3) is 0 Å². The fourth-order valence-corrected chi connectivity index (χ4v) is 1.61. The van der Waals surface area contributed by atoms with Gasteiger partial charge < -0.3 is 10.4 Å². The molecule has 4 N–H and O–H groups in total. The van der Waals surface area contributed by atoms with Crippen LogP contribution in [-0.4, -0.2) is 43.0 Å². The first kappa shape index (κ1) is 15.0. The number of hydrogen-bond acceptors (Lipinski definition) is 5. The average Bonchev–Trinajstić information content (AvgIpc) is 3.03. The van der Waals surface area contributed by atoms with Crippen LogP contribution < -0.4 is 5.32 Å². The van der Waals surface area contributed by atoms with E-state index in [1.807, 2.05) is 5.10 Å². The summed E-state index contributed by atoms with van der Waals surface area (Å²) in [7, 11) is 0. The van der Waals surface area contributed by atoms with Crippen molar-refractivity contribution in [2.45, 2.75) is 19.1 Å². The second-order valence-electron chi connectivity index (χ2n) is 4.14. The maximum atomic E-state index is 12.7. The third-order valence-corrected chi connectivity index (χ3v) is 2.59. The molecule has 1 amide bonds. The van der Waals surface area contributed by atoms with Crippen molar-refractivity contribution in [1.82, 2.24) is 30.7 Å². The number of aryl methyl sites for hydroxylation is 1. The van der Waals surface area contributed by atoms with Crippen LogP contribution in [0, 0.1) is 6.92 Å². The fourth-order valence-electron chi connectivity index (χ4n) is 1.61. The van der Waals surface area contributed by atoms with Crippen LogP contribution in [-0.2, 0) is 6.18 Å². The molecule has 8 nitrogen and oxygen atoms in total. The van der Waals surface area contributed by atoms with E-state index >= 15 is 0 Å². The summed E-state index contributed by atoms with van der Waals surface area (Å²) >= 11 is 0. The zero-order valence-electron chi connectivity index (χ0n) is 10.7. The van der Waals surface area contributed by atoms with Crippen molar-refractivity contribution in [2.75, 3.05) is 6.61 Å². The van der Waals surface area contributed by atoms with Crippen molar-refractivity contribution in [2.24, 2.45) is 0 Å². The molecular formula is C10H11F3N6O2. The Morgan fingerprint density at radius 2 is 2.19 bits per heavy atom. The Hall–Kier alpha value is -2.43. The van der Waals surface area contributed by atoms with Gasteiger partial charge >= 0.3 is 6.18 Å². The molecule has 0 bridgehead atoms. The van der Waals surface area contributed by atoms with E-state index in [1.165, 1.54) is 0 Å². The first-order valence-corrected chi connectivity index (χ1v) is 5.74. The molecule has 11 heteroatoms. The van der Waals surface area contributed by atoms with E-state index < -0.39 is 36.0 Å². The number of halogens is 3. The number of alkyl halides is 3. The molecule has 1 atom stereocenters. The van der Waals surface area contributed by atoms with Crippen molar-refractivity contribution in [3.8, 4) is 0 Å². The lowest BCUT2D eigenvalue weighted by molar-refractivity contribution is -0.137. The highest BCUT2D eigenvalue weighted by molar-refractivity contribution is 5.94. The largest absolute Gasteiger partial charge is 0.420 e. The number of aromatic nitrogens is 5. The number of aliphatic hydroxyl groups is 1. The number of aromatic amines is 2. The zero-order chi connectivity index (χ0) is 15.6. The topological polar surface area (TPSA) is 120 Å². The van der Waals surface area contributed by atoms with Gasteiger partial charge in [0.25, 0.3) is 5.91 Å². The summed E-state index contributed by atoms with van der Waals surface area (Å²) in [6.45, 7) is 1.03. The van der Waals surface area contributed by atoms with Crippen LogP contribution >= 0.6 is 0 Å². The SMILES string of the molecule is Cc1nc([C@@H](CO)NC(=O)c2[nH]ncc2C(F)(F)F)n[nH]1. The summed E-state index contributed by atoms with van der Waals surface area (Å²) in [5, 5.41) is 22.9. The third kappa shape index (κ3) is 3.18. The Morgan fingerprint density at radius 3 is 2.71 bits per heavy atom. The summed E-state index contributed by atoms with van der Waals surface area (Å²) in [6, 6.07) is -1.04. The lowest BCUT2D eigenvalue weighted by Crippen LogP contribution is -2.33. The predicted molar refractivity (Wildman–Crippen MR) is 62.0 cm³/mol. The van der Waals surface area contributed by atoms with Crippen LogP contribution in [0.1, 0.15) is 33.7 Å². The molecule has 114 valence electrons. The Labute approximate surface area is 115 Å². The average molecular weight is 304 g/mol. The normalized spacial score (nSPS) is 13.2. The number of carbonyl (C=O) groups excluding carboxylic acids is 1. The molecule has 0 saturated heterocycles. The van der Waals surface area contributed by atoms with E-state index in [-0.39, 0.29) is 5.82 Å². The van der Waals surface area contributed by atoms with E-state index in [0.717, 1.165) is 0 Å². The minimum Gasteiger partial charge on any atom is -0.394 e. The van der Waals surface area contributed by atoms with Crippen LogP contribution in [0.3, 0.4) is 0 Å². The second-order valence-corrected chi connectivity index (χ2v) is 4.14. The van der Waals surface area contributed by atoms with Crippen molar-refractivity contribution < 1.29 is 23.1 Å². The van der Waals surface area contributed by atoms with Gasteiger partial charge in [0.1, 0.15) is 23.1 Å². The monoisotopic (exact) mass is 304 g/mol. The molecule has 0 aromatic carbocycles. The number of nitrogens with one attached hydrogen (secondary N) is 3. The van der Waals surface area contributed by atoms with E-state index in [1.54, 1.807) is 6.92 Å². The van der Waals surface area contributed by atoms with E-state index in [4.69, 9.17) is 0 Å². The highest BCUT2D eigenvalue weighted by Gasteiger charge is 2.37. The maximum Gasteiger partial charge on any atom is 0.420 e. The first-order chi connectivity index (χ1) is 9.82. The fraction of sp³-hybridized carbons (Fsp3) is 0.400. The number of rotatable bonds is 4. The first-order valence-electron chi connectivity index (χ1n) is 5.74. The summed E-state index contributed by atoms with van der Waals surface area (Å²) < 4.78 is 38.0. The van der Waals surface area contributed by atoms with Crippen molar-refractivity contribution in [3.63, 3.8) is 0 Å². The Balaban J connectivity index is 2.19. The molecule has 0 radical (unpaired) electrons. The minimum absolute atomic E-state index is 0.0661. The van der Waals surface area contributed by atoms with Crippen molar-refractivity contribution in [3.05, 3.63) is 29.1 Å². The number of aliphatic hydroxyl groups excluding tert-OH is 1. The van der Waals surface area contributed by atoms with Gasteiger partial charge in [-0.1, -0.05) is 0 Å². The summed E-state index contributed by atoms with van der Waals surface area (Å²) in [6.07, 6.45) is -4.20. The summed E-state index contributed by atoms with van der Waals surface area (Å²) in [5.74, 6) is -0.562. The molecule has 0 fully saturated rings. The zero-order valence-corrected chi connectivity index (χ0v) is 10.7. The van der Waals surface area contributed by atoms with E-state index in [0.29, 0.717) is 12.0 Å². The van der Waals surface area contributed by atoms with E-state index in [9.17, 15) is 23.1 Å². The number of amides is 1. The highest BCUT2D eigenvalue weighted by Crippen LogP contribution is 2.30. The molecule has 21 heavy (non-hydrogen) atoms. The Morgan fingerprint density at radius 1 is 1.48 bits per heavy atom. The molecule has 0 aliphatic carbocycles. The van der Waals surface area contributed by atoms with Gasteiger partial charge in [-0.2, -0.15) is 23.4 Å². The summed E-state index contributed by atoms with van der Waals surface area (Å²) in [4.78, 5) is 15.8. The van der Waals surface area contributed by atoms with Gasteiger partial charge in [0, 0.05) is 0 Å². The second kappa shape index (κ2) is 5.52. The molecule has 0 spiro atoms. The van der Waals surface area contributed by atoms with Gasteiger partial charge in [0.15, 0.2) is 5.82 Å². The molecule has 2 heterocycles. The predicted octanol–water partition coefficient (Wildman–Crippen LogP) is 0.318. The molecule has 0 unspecified atom stereocenters. The minimum atomic E-state index is -4.71. The third-order valence-electron chi connectivity index (χ3n) is 2.59. The molecule has 0 saturated carbocycles. The van der Waals surface area contributed by atoms with Crippen LogP contribution in [0.15, 0.2) is 6.20 Å². The maximum absolute atomic E-state index is 12.7. The molecule has 0 aliphatic rings. The highest BCUT2D eigenvalue weighted by atomic mass is 19.4. The van der Waals surface area contributed by atoms with Crippen molar-refractivity contribution >= 4 is 5.91 Å².